The number of rotatable bonds is 4. The highest BCUT2D eigenvalue weighted by molar-refractivity contribution is 5.78. The van der Waals surface area contributed by atoms with Crippen LogP contribution < -0.4 is 5.32 Å². The van der Waals surface area contributed by atoms with Crippen molar-refractivity contribution in [3.63, 3.8) is 0 Å². The van der Waals surface area contributed by atoms with Gasteiger partial charge < -0.3 is 14.8 Å². The second kappa shape index (κ2) is 7.07. The molecule has 1 N–H and O–H groups in total. The van der Waals surface area contributed by atoms with Crippen molar-refractivity contribution < 1.29 is 4.79 Å². The molecule has 1 amide bonds. The fourth-order valence-electron chi connectivity index (χ4n) is 3.52. The second-order valence-corrected chi connectivity index (χ2v) is 6.39. The third-order valence-corrected chi connectivity index (χ3v) is 4.84. The molecule has 1 saturated heterocycles. The zero-order valence-electron chi connectivity index (χ0n) is 14.1. The highest BCUT2D eigenvalue weighted by Gasteiger charge is 2.27. The van der Waals surface area contributed by atoms with Gasteiger partial charge in [-0.25, -0.2) is 4.98 Å². The van der Waals surface area contributed by atoms with Gasteiger partial charge in [0.15, 0.2) is 0 Å². The molecule has 5 heteroatoms. The summed E-state index contributed by atoms with van der Waals surface area (Å²) in [5.74, 6) is 0.202. The smallest absolute Gasteiger partial charge is 0.224 e. The fourth-order valence-corrected chi connectivity index (χ4v) is 3.52. The summed E-state index contributed by atoms with van der Waals surface area (Å²) >= 11 is 0. The van der Waals surface area contributed by atoms with Gasteiger partial charge in [0.05, 0.1) is 23.4 Å². The Bertz CT molecular complexity index is 858. The maximum absolute atomic E-state index is 12.9. The van der Waals surface area contributed by atoms with Gasteiger partial charge in [-0.15, -0.1) is 0 Å². The van der Waals surface area contributed by atoms with E-state index in [1.54, 1.807) is 0 Å². The zero-order valence-corrected chi connectivity index (χ0v) is 14.1. The minimum absolute atomic E-state index is 0.113. The van der Waals surface area contributed by atoms with E-state index in [-0.39, 0.29) is 11.9 Å². The summed E-state index contributed by atoms with van der Waals surface area (Å²) in [6.07, 6.45) is 2.31. The molecule has 5 nitrogen and oxygen atoms in total. The largest absolute Gasteiger partial charge is 0.333 e. The minimum atomic E-state index is 0.113. The van der Waals surface area contributed by atoms with E-state index in [1.807, 2.05) is 53.7 Å². The lowest BCUT2D eigenvalue weighted by Crippen LogP contribution is -2.48. The van der Waals surface area contributed by atoms with Crippen LogP contribution >= 0.6 is 0 Å². The Hall–Kier alpha value is -2.66. The van der Waals surface area contributed by atoms with Crippen LogP contribution in [0, 0.1) is 0 Å². The van der Waals surface area contributed by atoms with Gasteiger partial charge in [0, 0.05) is 32.6 Å². The third kappa shape index (κ3) is 3.28. The predicted octanol–water partition coefficient (Wildman–Crippen LogP) is 2.60. The topological polar surface area (TPSA) is 50.2 Å². The average Bonchev–Trinajstić information content (AvgIpc) is 3.10. The summed E-state index contributed by atoms with van der Waals surface area (Å²) in [5.41, 5.74) is 3.24. The lowest BCUT2D eigenvalue weighted by molar-refractivity contribution is -0.134. The van der Waals surface area contributed by atoms with Crippen LogP contribution in [0.25, 0.3) is 11.0 Å². The standard InChI is InChI=1S/C20H22N4O/c25-20(10-12-23-15-22-17-8-4-5-9-18(17)23)24-13-11-21-14-19(24)16-6-2-1-3-7-16/h1-9,15,19,21H,10-14H2. The first kappa shape index (κ1) is 15.8. The number of hydrogen-bond acceptors (Lipinski definition) is 3. The van der Waals surface area contributed by atoms with E-state index in [2.05, 4.69) is 27.0 Å². The summed E-state index contributed by atoms with van der Waals surface area (Å²) in [6.45, 7) is 3.07. The maximum Gasteiger partial charge on any atom is 0.224 e. The van der Waals surface area contributed by atoms with Gasteiger partial charge in [0.2, 0.25) is 5.91 Å². The molecular formula is C20H22N4O. The molecule has 25 heavy (non-hydrogen) atoms. The summed E-state index contributed by atoms with van der Waals surface area (Å²) in [5, 5.41) is 3.40. The van der Waals surface area contributed by atoms with Gasteiger partial charge in [-0.05, 0) is 17.7 Å². The Balaban J connectivity index is 1.47. The minimum Gasteiger partial charge on any atom is -0.333 e. The molecule has 0 saturated carbocycles. The molecular weight excluding hydrogens is 312 g/mol. The van der Waals surface area contributed by atoms with Crippen LogP contribution in [0.15, 0.2) is 60.9 Å². The van der Waals surface area contributed by atoms with Crippen LogP contribution in [0.2, 0.25) is 0 Å². The Kier molecular flexibility index (Phi) is 4.48. The molecule has 1 unspecified atom stereocenters. The number of benzene rings is 2. The van der Waals surface area contributed by atoms with Crippen LogP contribution in [-0.4, -0.2) is 40.0 Å². The molecule has 1 aromatic heterocycles. The highest BCUT2D eigenvalue weighted by atomic mass is 16.2. The first-order chi connectivity index (χ1) is 12.3. The molecule has 2 aromatic carbocycles. The number of hydrogen-bond donors (Lipinski definition) is 1. The molecule has 1 aliphatic rings. The highest BCUT2D eigenvalue weighted by Crippen LogP contribution is 2.23. The van der Waals surface area contributed by atoms with Crippen molar-refractivity contribution in [1.82, 2.24) is 19.8 Å². The first-order valence-electron chi connectivity index (χ1n) is 8.78. The number of para-hydroxylation sites is 2. The number of imidazole rings is 1. The first-order valence-corrected chi connectivity index (χ1v) is 8.78. The number of carbonyl (C=O) groups excluding carboxylic acids is 1. The van der Waals surface area contributed by atoms with Crippen LogP contribution in [-0.2, 0) is 11.3 Å². The normalized spacial score (nSPS) is 17.8. The van der Waals surface area contributed by atoms with Crippen LogP contribution in [0.4, 0.5) is 0 Å². The summed E-state index contributed by atoms with van der Waals surface area (Å²) < 4.78 is 2.06. The van der Waals surface area contributed by atoms with E-state index < -0.39 is 0 Å². The predicted molar refractivity (Wildman–Crippen MR) is 98.1 cm³/mol. The molecule has 0 spiro atoms. The second-order valence-electron chi connectivity index (χ2n) is 6.39. The van der Waals surface area contributed by atoms with Crippen molar-refractivity contribution in [3.05, 3.63) is 66.5 Å². The Labute approximate surface area is 147 Å². The van der Waals surface area contributed by atoms with Crippen LogP contribution in [0.5, 0.6) is 0 Å². The van der Waals surface area contributed by atoms with Gasteiger partial charge in [0.25, 0.3) is 0 Å². The molecule has 4 rings (SSSR count). The molecule has 1 fully saturated rings. The molecule has 1 atom stereocenters. The van der Waals surface area contributed by atoms with Crippen molar-refractivity contribution >= 4 is 16.9 Å². The van der Waals surface area contributed by atoms with Crippen LogP contribution in [0.3, 0.4) is 0 Å². The number of aryl methyl sites for hydroxylation is 1. The summed E-state index contributed by atoms with van der Waals surface area (Å²) in [7, 11) is 0. The van der Waals surface area contributed by atoms with Gasteiger partial charge >= 0.3 is 0 Å². The summed E-state index contributed by atoms with van der Waals surface area (Å²) in [4.78, 5) is 19.3. The Morgan fingerprint density at radius 3 is 2.80 bits per heavy atom. The van der Waals surface area contributed by atoms with Crippen molar-refractivity contribution in [3.8, 4) is 0 Å². The number of carbonyl (C=O) groups is 1. The van der Waals surface area contributed by atoms with Crippen molar-refractivity contribution in [1.29, 1.82) is 0 Å². The number of amides is 1. The monoisotopic (exact) mass is 334 g/mol. The van der Waals surface area contributed by atoms with E-state index in [0.29, 0.717) is 13.0 Å². The van der Waals surface area contributed by atoms with Gasteiger partial charge in [-0.2, -0.15) is 0 Å². The van der Waals surface area contributed by atoms with Crippen LogP contribution in [0.1, 0.15) is 18.0 Å². The van der Waals surface area contributed by atoms with Gasteiger partial charge in [-0.3, -0.25) is 4.79 Å². The number of fused-ring (bicyclic) bond motifs is 1. The van der Waals surface area contributed by atoms with Crippen molar-refractivity contribution in [2.45, 2.75) is 19.0 Å². The molecule has 0 radical (unpaired) electrons. The zero-order chi connectivity index (χ0) is 17.1. The number of piperazine rings is 1. The lowest BCUT2D eigenvalue weighted by Gasteiger charge is -2.36. The van der Waals surface area contributed by atoms with E-state index in [9.17, 15) is 4.79 Å². The average molecular weight is 334 g/mol. The van der Waals surface area contributed by atoms with Gasteiger partial charge in [-0.1, -0.05) is 42.5 Å². The van der Waals surface area contributed by atoms with Crippen molar-refractivity contribution in [2.75, 3.05) is 19.6 Å². The molecule has 1 aliphatic heterocycles. The number of aromatic nitrogens is 2. The van der Waals surface area contributed by atoms with Crippen molar-refractivity contribution in [2.24, 2.45) is 0 Å². The van der Waals surface area contributed by atoms with E-state index >= 15 is 0 Å². The molecule has 0 aliphatic carbocycles. The quantitative estimate of drug-likeness (QED) is 0.798. The number of nitrogens with one attached hydrogen (secondary N) is 1. The van der Waals surface area contributed by atoms with E-state index in [0.717, 1.165) is 30.7 Å². The number of nitrogens with zero attached hydrogens (tertiary/aromatic N) is 3. The Morgan fingerprint density at radius 2 is 1.92 bits per heavy atom. The van der Waals surface area contributed by atoms with Gasteiger partial charge in [0.1, 0.15) is 0 Å². The Morgan fingerprint density at radius 1 is 1.12 bits per heavy atom. The van der Waals surface area contributed by atoms with E-state index in [4.69, 9.17) is 0 Å². The fraction of sp³-hybridized carbons (Fsp3) is 0.300. The lowest BCUT2D eigenvalue weighted by atomic mass is 10.0. The molecule has 2 heterocycles. The molecule has 128 valence electrons. The third-order valence-electron chi connectivity index (χ3n) is 4.84. The SMILES string of the molecule is O=C(CCn1cnc2ccccc21)N1CCNCC1c1ccccc1. The molecule has 0 bridgehead atoms. The summed E-state index contributed by atoms with van der Waals surface area (Å²) in [6, 6.07) is 18.4. The molecule has 3 aromatic rings. The maximum atomic E-state index is 12.9. The van der Waals surface area contributed by atoms with E-state index in [1.165, 1.54) is 5.56 Å².